The fourth-order valence-electron chi connectivity index (χ4n) is 4.62. The highest BCUT2D eigenvalue weighted by Gasteiger charge is 2.33. The van der Waals surface area contributed by atoms with E-state index in [2.05, 4.69) is 17.9 Å². The van der Waals surface area contributed by atoms with Crippen LogP contribution in [0.25, 0.3) is 0 Å². The zero-order valence-corrected chi connectivity index (χ0v) is 22.1. The molecule has 3 rings (SSSR count). The van der Waals surface area contributed by atoms with Gasteiger partial charge in [-0.05, 0) is 100 Å². The molecule has 0 saturated carbocycles. The van der Waals surface area contributed by atoms with Gasteiger partial charge in [-0.2, -0.15) is 0 Å². The summed E-state index contributed by atoms with van der Waals surface area (Å²) in [6, 6.07) is 6.10. The second kappa shape index (κ2) is 11.1. The predicted octanol–water partition coefficient (Wildman–Crippen LogP) is 7.41. The topological polar surface area (TPSA) is 32.8 Å². The molecule has 4 nitrogen and oxygen atoms in total. The number of carbonyl (C=O) groups excluding carboxylic acids is 1. The molecule has 6 heteroatoms. The van der Waals surface area contributed by atoms with Crippen LogP contribution in [0.15, 0.2) is 52.9 Å². The van der Waals surface area contributed by atoms with Gasteiger partial charge in [0.15, 0.2) is 0 Å². The Balaban J connectivity index is 1.90. The predicted molar refractivity (Wildman–Crippen MR) is 138 cm³/mol. The SMILES string of the molecule is CC/C(C)=C/C(F)=C\C1=C(C)C(N2CCN(C(=O)OC(C)(C)C)CC2)c2ccc(Cl)cc2CC1. The van der Waals surface area contributed by atoms with Crippen LogP contribution in [0, 0.1) is 0 Å². The van der Waals surface area contributed by atoms with E-state index in [1.807, 2.05) is 46.8 Å². The van der Waals surface area contributed by atoms with E-state index in [0.717, 1.165) is 54.1 Å². The quantitative estimate of drug-likeness (QED) is 0.414. The number of amides is 1. The maximum absolute atomic E-state index is 14.8. The summed E-state index contributed by atoms with van der Waals surface area (Å²) in [4.78, 5) is 16.7. The molecule has 34 heavy (non-hydrogen) atoms. The van der Waals surface area contributed by atoms with E-state index in [4.69, 9.17) is 16.3 Å². The van der Waals surface area contributed by atoms with Gasteiger partial charge in [-0.25, -0.2) is 9.18 Å². The van der Waals surface area contributed by atoms with E-state index in [1.165, 1.54) is 11.1 Å². The van der Waals surface area contributed by atoms with Crippen LogP contribution in [0.4, 0.5) is 9.18 Å². The molecule has 1 aliphatic carbocycles. The van der Waals surface area contributed by atoms with Gasteiger partial charge in [0.2, 0.25) is 0 Å². The van der Waals surface area contributed by atoms with Gasteiger partial charge in [0.05, 0.1) is 6.04 Å². The van der Waals surface area contributed by atoms with Gasteiger partial charge < -0.3 is 9.64 Å². The van der Waals surface area contributed by atoms with Gasteiger partial charge in [0.1, 0.15) is 11.4 Å². The molecule has 1 aromatic carbocycles. The molecule has 1 atom stereocenters. The highest BCUT2D eigenvalue weighted by Crippen LogP contribution is 2.39. The first-order valence-electron chi connectivity index (χ1n) is 12.2. The number of piperazine rings is 1. The lowest BCUT2D eigenvalue weighted by atomic mass is 9.93. The Kier molecular flexibility index (Phi) is 8.64. The van der Waals surface area contributed by atoms with Crippen molar-refractivity contribution in [3.8, 4) is 0 Å². The monoisotopic (exact) mass is 488 g/mol. The van der Waals surface area contributed by atoms with Crippen molar-refractivity contribution in [2.24, 2.45) is 0 Å². The number of benzene rings is 1. The van der Waals surface area contributed by atoms with Gasteiger partial charge in [-0.3, -0.25) is 4.90 Å². The average Bonchev–Trinajstić information content (AvgIpc) is 2.89. The largest absolute Gasteiger partial charge is 0.444 e. The lowest BCUT2D eigenvalue weighted by Gasteiger charge is -2.40. The van der Waals surface area contributed by atoms with Crippen LogP contribution >= 0.6 is 11.6 Å². The molecule has 2 aliphatic rings. The van der Waals surface area contributed by atoms with Gasteiger partial charge in [0.25, 0.3) is 0 Å². The highest BCUT2D eigenvalue weighted by molar-refractivity contribution is 6.30. The van der Waals surface area contributed by atoms with Crippen molar-refractivity contribution in [3.05, 3.63) is 69.0 Å². The molecular formula is C28H38ClFN2O2. The zero-order valence-electron chi connectivity index (χ0n) is 21.4. The normalized spacial score (nSPS) is 20.8. The smallest absolute Gasteiger partial charge is 0.410 e. The maximum atomic E-state index is 14.8. The van der Waals surface area contributed by atoms with Crippen molar-refractivity contribution in [3.63, 3.8) is 0 Å². The molecule has 1 amide bonds. The van der Waals surface area contributed by atoms with E-state index in [1.54, 1.807) is 17.1 Å². The van der Waals surface area contributed by atoms with Crippen molar-refractivity contribution >= 4 is 17.7 Å². The molecule has 1 aromatic rings. The molecule has 1 heterocycles. The number of aryl methyl sites for hydroxylation is 1. The minimum absolute atomic E-state index is 0.0193. The third kappa shape index (κ3) is 6.73. The highest BCUT2D eigenvalue weighted by atomic mass is 35.5. The molecule has 0 N–H and O–H groups in total. The van der Waals surface area contributed by atoms with Crippen LogP contribution < -0.4 is 0 Å². The number of halogens is 2. The molecule has 1 unspecified atom stereocenters. The Labute approximate surface area is 209 Å². The number of nitrogens with zero attached hydrogens (tertiary/aromatic N) is 2. The summed E-state index contributed by atoms with van der Waals surface area (Å²) in [5.74, 6) is -0.203. The molecule has 1 aliphatic heterocycles. The minimum atomic E-state index is -0.511. The molecule has 0 spiro atoms. The number of carbonyl (C=O) groups is 1. The summed E-state index contributed by atoms with van der Waals surface area (Å²) in [7, 11) is 0. The summed E-state index contributed by atoms with van der Waals surface area (Å²) in [6.07, 6.45) is 5.47. The van der Waals surface area contributed by atoms with Crippen LogP contribution in [0.3, 0.4) is 0 Å². The summed E-state index contributed by atoms with van der Waals surface area (Å²) >= 11 is 6.34. The van der Waals surface area contributed by atoms with Crippen molar-refractivity contribution < 1.29 is 13.9 Å². The molecular weight excluding hydrogens is 451 g/mol. The first-order chi connectivity index (χ1) is 16.0. The summed E-state index contributed by atoms with van der Waals surface area (Å²) < 4.78 is 20.4. The number of fused-ring (bicyclic) bond motifs is 1. The summed E-state index contributed by atoms with van der Waals surface area (Å²) in [5.41, 5.74) is 5.12. The van der Waals surface area contributed by atoms with Gasteiger partial charge in [-0.15, -0.1) is 0 Å². The Morgan fingerprint density at radius 3 is 2.50 bits per heavy atom. The standard InChI is InChI=1S/C28H38ClFN2O2/c1-7-19(2)16-24(30)18-21-8-9-22-17-23(29)10-11-25(22)26(20(21)3)31-12-14-32(15-13-31)27(33)34-28(4,5)6/h10-11,16-18,26H,7-9,12-15H2,1-6H3/b19-16+,24-18+. The van der Waals surface area contributed by atoms with Gasteiger partial charge in [-0.1, -0.05) is 30.2 Å². The van der Waals surface area contributed by atoms with E-state index < -0.39 is 5.60 Å². The second-order valence-electron chi connectivity index (χ2n) is 10.3. The summed E-state index contributed by atoms with van der Waals surface area (Å²) in [6.45, 7) is 14.4. The molecule has 1 fully saturated rings. The average molecular weight is 489 g/mol. The number of hydrogen-bond donors (Lipinski definition) is 0. The first kappa shape index (κ1) is 26.5. The Hall–Kier alpha value is -2.11. The number of rotatable bonds is 4. The molecule has 186 valence electrons. The minimum Gasteiger partial charge on any atom is -0.444 e. The van der Waals surface area contributed by atoms with Crippen LogP contribution in [-0.4, -0.2) is 47.7 Å². The Bertz CT molecular complexity index is 998. The zero-order chi connectivity index (χ0) is 25.0. The maximum Gasteiger partial charge on any atom is 0.410 e. The van der Waals surface area contributed by atoms with E-state index >= 15 is 0 Å². The Morgan fingerprint density at radius 2 is 1.88 bits per heavy atom. The lowest BCUT2D eigenvalue weighted by molar-refractivity contribution is 0.0117. The molecule has 1 saturated heterocycles. The fraction of sp³-hybridized carbons (Fsp3) is 0.536. The van der Waals surface area contributed by atoms with Crippen LogP contribution in [0.2, 0.25) is 5.02 Å². The number of allylic oxidation sites excluding steroid dienone is 5. The number of hydrogen-bond acceptors (Lipinski definition) is 3. The van der Waals surface area contributed by atoms with E-state index in [0.29, 0.717) is 13.1 Å². The van der Waals surface area contributed by atoms with Crippen molar-refractivity contribution in [1.29, 1.82) is 0 Å². The Morgan fingerprint density at radius 1 is 1.21 bits per heavy atom. The van der Waals surface area contributed by atoms with Crippen LogP contribution in [0.5, 0.6) is 0 Å². The lowest BCUT2D eigenvalue weighted by Crippen LogP contribution is -2.51. The third-order valence-electron chi connectivity index (χ3n) is 6.57. The van der Waals surface area contributed by atoms with Crippen LogP contribution in [-0.2, 0) is 11.2 Å². The molecule has 0 aromatic heterocycles. The first-order valence-corrected chi connectivity index (χ1v) is 12.6. The van der Waals surface area contributed by atoms with Crippen molar-refractivity contribution in [2.45, 2.75) is 72.4 Å². The molecule has 0 radical (unpaired) electrons. The molecule has 0 bridgehead atoms. The third-order valence-corrected chi connectivity index (χ3v) is 6.80. The summed E-state index contributed by atoms with van der Waals surface area (Å²) in [5, 5.41) is 0.719. The van der Waals surface area contributed by atoms with E-state index in [9.17, 15) is 9.18 Å². The van der Waals surface area contributed by atoms with Crippen molar-refractivity contribution in [1.82, 2.24) is 9.80 Å². The van der Waals surface area contributed by atoms with Crippen LogP contribution in [0.1, 0.15) is 71.6 Å². The van der Waals surface area contributed by atoms with Gasteiger partial charge in [0, 0.05) is 31.2 Å². The second-order valence-corrected chi connectivity index (χ2v) is 10.8. The van der Waals surface area contributed by atoms with Gasteiger partial charge >= 0.3 is 6.09 Å². The van der Waals surface area contributed by atoms with Crippen molar-refractivity contribution in [2.75, 3.05) is 26.2 Å². The number of ether oxygens (including phenoxy) is 1. The van der Waals surface area contributed by atoms with E-state index in [-0.39, 0.29) is 18.0 Å². The fourth-order valence-corrected chi connectivity index (χ4v) is 4.82.